The van der Waals surface area contributed by atoms with E-state index in [1.807, 2.05) is 0 Å². The zero-order chi connectivity index (χ0) is 14.7. The molecule has 2 unspecified atom stereocenters. The quantitative estimate of drug-likeness (QED) is 0.846. The molecule has 0 spiro atoms. The summed E-state index contributed by atoms with van der Waals surface area (Å²) in [6, 6.07) is 1.24. The average molecular weight is 293 g/mol. The molecule has 1 N–H and O–H groups in total. The molecule has 2 atom stereocenters. The third kappa shape index (κ3) is 3.42. The number of nitrogens with one attached hydrogen (secondary N) is 1. The number of piperidine rings is 1. The second kappa shape index (κ2) is 7.10. The van der Waals surface area contributed by atoms with Crippen LogP contribution in [0.5, 0.6) is 0 Å². The maximum Gasteiger partial charge on any atom is 0.240 e. The van der Waals surface area contributed by atoms with E-state index in [-0.39, 0.29) is 6.04 Å². The van der Waals surface area contributed by atoms with E-state index in [2.05, 4.69) is 22.0 Å². The number of carbonyl (C=O) groups is 1. The van der Waals surface area contributed by atoms with Crippen LogP contribution in [0.1, 0.15) is 58.3 Å². The Morgan fingerprint density at radius 3 is 2.57 bits per heavy atom. The minimum atomic E-state index is 0.175. The lowest BCUT2D eigenvalue weighted by molar-refractivity contribution is -0.139. The summed E-state index contributed by atoms with van der Waals surface area (Å²) >= 11 is 0. The van der Waals surface area contributed by atoms with Gasteiger partial charge in [-0.1, -0.05) is 12.8 Å². The fourth-order valence-corrected chi connectivity index (χ4v) is 4.42. The van der Waals surface area contributed by atoms with Gasteiger partial charge in [0.2, 0.25) is 5.91 Å². The molecule has 0 aromatic heterocycles. The molecule has 0 radical (unpaired) electrons. The molecule has 0 aliphatic carbocycles. The van der Waals surface area contributed by atoms with Crippen molar-refractivity contribution in [2.75, 3.05) is 26.2 Å². The van der Waals surface area contributed by atoms with Crippen molar-refractivity contribution in [3.8, 4) is 0 Å². The van der Waals surface area contributed by atoms with Gasteiger partial charge in [0.25, 0.3) is 0 Å². The van der Waals surface area contributed by atoms with Crippen LogP contribution >= 0.6 is 0 Å². The van der Waals surface area contributed by atoms with Crippen LogP contribution in [-0.4, -0.2) is 60.0 Å². The van der Waals surface area contributed by atoms with E-state index in [4.69, 9.17) is 0 Å². The van der Waals surface area contributed by atoms with Crippen LogP contribution in [0.3, 0.4) is 0 Å². The van der Waals surface area contributed by atoms with Crippen molar-refractivity contribution in [3.63, 3.8) is 0 Å². The number of hydrogen-bond donors (Lipinski definition) is 1. The van der Waals surface area contributed by atoms with Crippen LogP contribution in [0.4, 0.5) is 0 Å². The van der Waals surface area contributed by atoms with Gasteiger partial charge in [0.05, 0.1) is 6.04 Å². The molecule has 0 bridgehead atoms. The Bertz CT molecular complexity index is 354. The summed E-state index contributed by atoms with van der Waals surface area (Å²) in [7, 11) is 0. The first kappa shape index (κ1) is 15.3. The second-order valence-electron chi connectivity index (χ2n) is 7.11. The maximum atomic E-state index is 13.1. The highest BCUT2D eigenvalue weighted by atomic mass is 16.2. The summed E-state index contributed by atoms with van der Waals surface area (Å²) in [5.41, 5.74) is 0. The summed E-state index contributed by atoms with van der Waals surface area (Å²) in [6.07, 6.45) is 9.64. The molecule has 0 aromatic rings. The first-order valence-electron chi connectivity index (χ1n) is 9.04. The first-order chi connectivity index (χ1) is 10.3. The minimum Gasteiger partial charge on any atom is -0.339 e. The highest BCUT2D eigenvalue weighted by molar-refractivity contribution is 5.82. The van der Waals surface area contributed by atoms with E-state index in [0.29, 0.717) is 18.0 Å². The number of amides is 1. The molecular weight excluding hydrogens is 262 g/mol. The molecule has 0 aromatic carbocycles. The minimum absolute atomic E-state index is 0.175. The van der Waals surface area contributed by atoms with Gasteiger partial charge in [-0.2, -0.15) is 0 Å². The molecule has 3 heterocycles. The van der Waals surface area contributed by atoms with Gasteiger partial charge in [0, 0.05) is 18.6 Å². The number of nitrogens with zero attached hydrogens (tertiary/aromatic N) is 2. The molecule has 21 heavy (non-hydrogen) atoms. The predicted molar refractivity (Wildman–Crippen MR) is 85.3 cm³/mol. The van der Waals surface area contributed by atoms with E-state index in [0.717, 1.165) is 32.6 Å². The highest BCUT2D eigenvalue weighted by Crippen LogP contribution is 2.27. The summed E-state index contributed by atoms with van der Waals surface area (Å²) in [5, 5.41) is 3.44. The van der Waals surface area contributed by atoms with Gasteiger partial charge in [-0.15, -0.1) is 0 Å². The summed E-state index contributed by atoms with van der Waals surface area (Å²) in [6.45, 7) is 6.58. The zero-order valence-electron chi connectivity index (χ0n) is 13.5. The van der Waals surface area contributed by atoms with Crippen LogP contribution in [0.15, 0.2) is 0 Å². The predicted octanol–water partition coefficient (Wildman–Crippen LogP) is 1.99. The van der Waals surface area contributed by atoms with E-state index >= 15 is 0 Å². The lowest BCUT2D eigenvalue weighted by atomic mass is 10.0. The monoisotopic (exact) mass is 293 g/mol. The molecule has 120 valence electrons. The van der Waals surface area contributed by atoms with Gasteiger partial charge >= 0.3 is 0 Å². The van der Waals surface area contributed by atoms with Crippen molar-refractivity contribution >= 4 is 5.91 Å². The van der Waals surface area contributed by atoms with Crippen molar-refractivity contribution in [2.24, 2.45) is 0 Å². The van der Waals surface area contributed by atoms with E-state index < -0.39 is 0 Å². The molecule has 4 nitrogen and oxygen atoms in total. The van der Waals surface area contributed by atoms with Crippen LogP contribution in [0.25, 0.3) is 0 Å². The Kier molecular flexibility index (Phi) is 5.17. The SMILES string of the molecule is CC1CCCCCN1C(=O)C1CCCN1C1CCNCC1. The Labute approximate surface area is 129 Å². The molecule has 0 saturated carbocycles. The summed E-state index contributed by atoms with van der Waals surface area (Å²) in [5.74, 6) is 0.431. The Hall–Kier alpha value is -0.610. The van der Waals surface area contributed by atoms with Crippen LogP contribution < -0.4 is 5.32 Å². The molecular formula is C17H31N3O. The summed E-state index contributed by atoms with van der Waals surface area (Å²) in [4.78, 5) is 17.8. The molecule has 1 amide bonds. The Balaban J connectivity index is 1.66. The topological polar surface area (TPSA) is 35.6 Å². The fraction of sp³-hybridized carbons (Fsp3) is 0.941. The number of rotatable bonds is 2. The van der Waals surface area contributed by atoms with Gasteiger partial charge in [-0.05, 0) is 65.1 Å². The van der Waals surface area contributed by atoms with Crippen molar-refractivity contribution in [2.45, 2.75) is 76.4 Å². The van der Waals surface area contributed by atoms with Gasteiger partial charge in [0.1, 0.15) is 0 Å². The smallest absolute Gasteiger partial charge is 0.240 e. The number of carbonyl (C=O) groups excluding carboxylic acids is 1. The van der Waals surface area contributed by atoms with Crippen LogP contribution in [0.2, 0.25) is 0 Å². The van der Waals surface area contributed by atoms with E-state index in [1.165, 1.54) is 44.9 Å². The first-order valence-corrected chi connectivity index (χ1v) is 9.04. The third-order valence-corrected chi connectivity index (χ3v) is 5.69. The fourth-order valence-electron chi connectivity index (χ4n) is 4.42. The molecule has 3 fully saturated rings. The molecule has 3 aliphatic rings. The Morgan fingerprint density at radius 2 is 1.76 bits per heavy atom. The van der Waals surface area contributed by atoms with E-state index in [9.17, 15) is 4.79 Å². The van der Waals surface area contributed by atoms with Crippen molar-refractivity contribution < 1.29 is 4.79 Å². The normalized spacial score (nSPS) is 33.1. The average Bonchev–Trinajstić information content (AvgIpc) is 2.91. The van der Waals surface area contributed by atoms with Crippen molar-refractivity contribution in [1.82, 2.24) is 15.1 Å². The number of likely N-dealkylation sites (tertiary alicyclic amines) is 2. The number of hydrogen-bond acceptors (Lipinski definition) is 3. The van der Waals surface area contributed by atoms with Gasteiger partial charge in [-0.3, -0.25) is 9.69 Å². The standard InChI is InChI=1S/C17H31N3O/c1-14-6-3-2-4-12-19(14)17(21)16-7-5-13-20(16)15-8-10-18-11-9-15/h14-16,18H,2-13H2,1H3. The van der Waals surface area contributed by atoms with Crippen molar-refractivity contribution in [1.29, 1.82) is 0 Å². The van der Waals surface area contributed by atoms with Crippen LogP contribution in [0, 0.1) is 0 Å². The lowest BCUT2D eigenvalue weighted by Crippen LogP contribution is -2.53. The van der Waals surface area contributed by atoms with Gasteiger partial charge < -0.3 is 10.2 Å². The zero-order valence-corrected chi connectivity index (χ0v) is 13.5. The molecule has 3 aliphatic heterocycles. The largest absolute Gasteiger partial charge is 0.339 e. The molecule has 3 rings (SSSR count). The second-order valence-corrected chi connectivity index (χ2v) is 7.11. The molecule has 4 heteroatoms. The third-order valence-electron chi connectivity index (χ3n) is 5.69. The summed E-state index contributed by atoms with van der Waals surface area (Å²) < 4.78 is 0. The van der Waals surface area contributed by atoms with E-state index in [1.54, 1.807) is 0 Å². The Morgan fingerprint density at radius 1 is 0.952 bits per heavy atom. The molecule has 3 saturated heterocycles. The highest BCUT2D eigenvalue weighted by Gasteiger charge is 2.38. The van der Waals surface area contributed by atoms with Gasteiger partial charge in [0.15, 0.2) is 0 Å². The van der Waals surface area contributed by atoms with Gasteiger partial charge in [-0.25, -0.2) is 0 Å². The van der Waals surface area contributed by atoms with Crippen molar-refractivity contribution in [3.05, 3.63) is 0 Å². The lowest BCUT2D eigenvalue weighted by Gasteiger charge is -2.38. The van der Waals surface area contributed by atoms with Crippen LogP contribution in [-0.2, 0) is 4.79 Å². The maximum absolute atomic E-state index is 13.1.